The van der Waals surface area contributed by atoms with Crippen molar-refractivity contribution >= 4 is 8.80 Å². The molecule has 0 bridgehead atoms. The maximum absolute atomic E-state index is 6.16. The van der Waals surface area contributed by atoms with Crippen LogP contribution in [0.25, 0.3) is 0 Å². The van der Waals surface area contributed by atoms with E-state index in [2.05, 4.69) is 6.58 Å². The van der Waals surface area contributed by atoms with Crippen LogP contribution in [0.1, 0.15) is 19.3 Å². The van der Waals surface area contributed by atoms with E-state index in [1.165, 1.54) is 0 Å². The molecule has 0 N–H and O–H groups in total. The molecule has 0 aromatic carbocycles. The van der Waals surface area contributed by atoms with Crippen LogP contribution in [0.15, 0.2) is 12.7 Å². The summed E-state index contributed by atoms with van der Waals surface area (Å²) in [7, 11) is 1.65. The molecule has 0 aromatic heterocycles. The van der Waals surface area contributed by atoms with Crippen LogP contribution in [0.5, 0.6) is 0 Å². The van der Waals surface area contributed by atoms with Gasteiger partial charge in [0.1, 0.15) is 0 Å². The Kier molecular flexibility index (Phi) is 10.9. The molecular weight excluding hydrogens is 332 g/mol. The molecule has 8 heteroatoms. The summed E-state index contributed by atoms with van der Waals surface area (Å²) in [5.74, 6) is 0. The van der Waals surface area contributed by atoms with Crippen molar-refractivity contribution < 1.29 is 32.2 Å². The molecule has 1 aliphatic heterocycles. The summed E-state index contributed by atoms with van der Waals surface area (Å²) in [6.07, 6.45) is 4.56. The highest BCUT2D eigenvalue weighted by Gasteiger charge is 2.61. The van der Waals surface area contributed by atoms with Crippen LogP contribution in [0, 0.1) is 0 Å². The predicted octanol–water partition coefficient (Wildman–Crippen LogP) is 1.58. The highest BCUT2D eigenvalue weighted by Crippen LogP contribution is 2.37. The number of hydrogen-bond donors (Lipinski definition) is 0. The van der Waals surface area contributed by atoms with E-state index in [9.17, 15) is 0 Å². The zero-order valence-corrected chi connectivity index (χ0v) is 16.2. The third kappa shape index (κ3) is 5.89. The lowest BCUT2D eigenvalue weighted by atomic mass is 10.1. The molecule has 1 heterocycles. The van der Waals surface area contributed by atoms with Crippen molar-refractivity contribution in [3.8, 4) is 0 Å². The quantitative estimate of drug-likeness (QED) is 0.263. The van der Waals surface area contributed by atoms with Crippen molar-refractivity contribution in [1.29, 1.82) is 0 Å². The minimum Gasteiger partial charge on any atom is -0.382 e. The predicted molar refractivity (Wildman–Crippen MR) is 92.0 cm³/mol. The maximum Gasteiger partial charge on any atom is 0.539 e. The molecule has 24 heavy (non-hydrogen) atoms. The van der Waals surface area contributed by atoms with Gasteiger partial charge in [-0.25, -0.2) is 0 Å². The van der Waals surface area contributed by atoms with Crippen molar-refractivity contribution in [3.63, 3.8) is 0 Å². The molecule has 0 saturated carbocycles. The van der Waals surface area contributed by atoms with E-state index in [-0.39, 0.29) is 0 Å². The minimum atomic E-state index is -3.24. The van der Waals surface area contributed by atoms with Gasteiger partial charge in [-0.1, -0.05) is 6.08 Å². The zero-order chi connectivity index (χ0) is 17.7. The molecule has 1 atom stereocenters. The third-order valence-electron chi connectivity index (χ3n) is 3.89. The topological polar surface area (TPSA) is 64.6 Å². The molecule has 1 aliphatic rings. The lowest BCUT2D eigenvalue weighted by Crippen LogP contribution is -2.67. The highest BCUT2D eigenvalue weighted by molar-refractivity contribution is 6.64. The number of rotatable bonds is 14. The number of methoxy groups -OCH3 is 3. The SMILES string of the molecule is C=CC1([Si](OCCOC)(OCCOC)OCCOC)CCCCO1. The zero-order valence-electron chi connectivity index (χ0n) is 15.2. The van der Waals surface area contributed by atoms with Gasteiger partial charge < -0.3 is 32.2 Å². The number of ether oxygens (including phenoxy) is 4. The lowest BCUT2D eigenvalue weighted by Gasteiger charge is -2.45. The molecular formula is C16H32O7Si. The fourth-order valence-electron chi connectivity index (χ4n) is 2.61. The Labute approximate surface area is 146 Å². The Morgan fingerprint density at radius 3 is 1.71 bits per heavy atom. The first-order valence-corrected chi connectivity index (χ1v) is 10.1. The molecule has 0 spiro atoms. The van der Waals surface area contributed by atoms with Gasteiger partial charge in [0.05, 0.1) is 39.6 Å². The Balaban J connectivity index is 3.01. The third-order valence-corrected chi connectivity index (χ3v) is 7.28. The fourth-order valence-corrected chi connectivity index (χ4v) is 5.66. The first-order valence-electron chi connectivity index (χ1n) is 8.36. The second-order valence-corrected chi connectivity index (χ2v) is 8.30. The summed E-state index contributed by atoms with van der Waals surface area (Å²) in [6.45, 7) is 7.05. The van der Waals surface area contributed by atoms with Gasteiger partial charge >= 0.3 is 8.80 Å². The smallest absolute Gasteiger partial charge is 0.382 e. The van der Waals surface area contributed by atoms with Gasteiger partial charge in [0.2, 0.25) is 0 Å². The number of hydrogen-bond acceptors (Lipinski definition) is 7. The average Bonchev–Trinajstić information content (AvgIpc) is 2.62. The van der Waals surface area contributed by atoms with Gasteiger partial charge in [-0.15, -0.1) is 6.58 Å². The maximum atomic E-state index is 6.16. The van der Waals surface area contributed by atoms with Crippen LogP contribution >= 0.6 is 0 Å². The monoisotopic (exact) mass is 364 g/mol. The molecule has 7 nitrogen and oxygen atoms in total. The van der Waals surface area contributed by atoms with Crippen molar-refractivity contribution in [3.05, 3.63) is 12.7 Å². The van der Waals surface area contributed by atoms with Gasteiger partial charge in [-0.3, -0.25) is 0 Å². The van der Waals surface area contributed by atoms with Gasteiger partial charge in [0, 0.05) is 27.9 Å². The normalized spacial score (nSPS) is 21.8. The van der Waals surface area contributed by atoms with Crippen molar-refractivity contribution in [1.82, 2.24) is 0 Å². The standard InChI is InChI=1S/C16H32O7Si/c1-5-16(8-6-7-9-20-16)24(21-13-10-17-2,22-14-11-18-3)23-15-12-19-4/h5H,1,6-15H2,2-4H3. The average molecular weight is 365 g/mol. The van der Waals surface area contributed by atoms with Crippen molar-refractivity contribution in [2.24, 2.45) is 0 Å². The van der Waals surface area contributed by atoms with E-state index in [0.29, 0.717) is 46.2 Å². The van der Waals surface area contributed by atoms with E-state index >= 15 is 0 Å². The molecule has 1 saturated heterocycles. The highest BCUT2D eigenvalue weighted by atomic mass is 28.4. The second kappa shape index (κ2) is 12.1. The van der Waals surface area contributed by atoms with Crippen LogP contribution in [0.3, 0.4) is 0 Å². The Bertz CT molecular complexity index is 308. The van der Waals surface area contributed by atoms with Gasteiger partial charge in [0.25, 0.3) is 0 Å². The first-order chi connectivity index (χ1) is 11.7. The van der Waals surface area contributed by atoms with Crippen LogP contribution in [-0.2, 0) is 32.2 Å². The molecule has 0 aromatic rings. The van der Waals surface area contributed by atoms with Gasteiger partial charge in [-0.05, 0) is 19.3 Å². The van der Waals surface area contributed by atoms with Crippen LogP contribution < -0.4 is 0 Å². The summed E-state index contributed by atoms with van der Waals surface area (Å²) in [5.41, 5.74) is 0. The summed E-state index contributed by atoms with van der Waals surface area (Å²) >= 11 is 0. The largest absolute Gasteiger partial charge is 0.539 e. The summed E-state index contributed by atoms with van der Waals surface area (Å²) in [4.78, 5) is 0. The molecule has 1 unspecified atom stereocenters. The Hall–Kier alpha value is -0.323. The van der Waals surface area contributed by atoms with Crippen molar-refractivity contribution in [2.75, 3.05) is 67.6 Å². The molecule has 0 amide bonds. The Morgan fingerprint density at radius 1 is 0.875 bits per heavy atom. The molecule has 1 rings (SSSR count). The molecule has 1 fully saturated rings. The first kappa shape index (κ1) is 21.7. The van der Waals surface area contributed by atoms with E-state index in [4.69, 9.17) is 32.2 Å². The minimum absolute atomic E-state index is 0.363. The van der Waals surface area contributed by atoms with E-state index < -0.39 is 14.0 Å². The van der Waals surface area contributed by atoms with E-state index in [0.717, 1.165) is 19.3 Å². The lowest BCUT2D eigenvalue weighted by molar-refractivity contribution is -0.0806. The van der Waals surface area contributed by atoms with Crippen molar-refractivity contribution in [2.45, 2.75) is 24.5 Å². The van der Waals surface area contributed by atoms with Crippen LogP contribution in [0.4, 0.5) is 0 Å². The van der Waals surface area contributed by atoms with E-state index in [1.807, 2.05) is 0 Å². The summed E-state index contributed by atoms with van der Waals surface area (Å²) in [5, 5.41) is -0.750. The summed E-state index contributed by atoms with van der Waals surface area (Å²) < 4.78 is 39.9. The molecule has 142 valence electrons. The van der Waals surface area contributed by atoms with E-state index in [1.54, 1.807) is 27.4 Å². The second-order valence-electron chi connectivity index (χ2n) is 5.48. The molecule has 0 aliphatic carbocycles. The fraction of sp³-hybridized carbons (Fsp3) is 0.875. The van der Waals surface area contributed by atoms with Crippen LogP contribution in [0.2, 0.25) is 0 Å². The summed E-state index contributed by atoms with van der Waals surface area (Å²) in [6, 6.07) is 0. The Morgan fingerprint density at radius 2 is 1.38 bits per heavy atom. The van der Waals surface area contributed by atoms with Gasteiger partial charge in [0.15, 0.2) is 5.22 Å². The van der Waals surface area contributed by atoms with Gasteiger partial charge in [-0.2, -0.15) is 0 Å². The van der Waals surface area contributed by atoms with Crippen LogP contribution in [-0.4, -0.2) is 81.6 Å². The molecule has 0 radical (unpaired) electrons.